The number of nitrogens with zero attached hydrogens (tertiary/aromatic N) is 2. The molecule has 3 aliphatic heterocycles. The first-order valence-corrected chi connectivity index (χ1v) is 12.0. The second kappa shape index (κ2) is 8.64. The summed E-state index contributed by atoms with van der Waals surface area (Å²) in [6, 6.07) is 5.66. The predicted octanol–water partition coefficient (Wildman–Crippen LogP) is 2.71. The van der Waals surface area contributed by atoms with Crippen LogP contribution in [-0.4, -0.2) is 53.1 Å². The van der Waals surface area contributed by atoms with E-state index in [0.29, 0.717) is 16.1 Å². The van der Waals surface area contributed by atoms with Gasteiger partial charge in [0.05, 0.1) is 12.7 Å². The van der Waals surface area contributed by atoms with Crippen molar-refractivity contribution in [3.63, 3.8) is 0 Å². The second-order valence-corrected chi connectivity index (χ2v) is 9.72. The number of phosphoric acid groups is 1. The lowest BCUT2D eigenvalue weighted by Crippen LogP contribution is -2.45. The van der Waals surface area contributed by atoms with E-state index in [9.17, 15) is 14.2 Å². The van der Waals surface area contributed by atoms with E-state index in [-0.39, 0.29) is 18.2 Å². The third-order valence-corrected chi connectivity index (χ3v) is 6.92. The van der Waals surface area contributed by atoms with Crippen molar-refractivity contribution >= 4 is 19.5 Å². The van der Waals surface area contributed by atoms with Crippen LogP contribution in [0.2, 0.25) is 0 Å². The van der Waals surface area contributed by atoms with Crippen LogP contribution in [0.25, 0.3) is 0 Å². The molecule has 0 aliphatic carbocycles. The highest BCUT2D eigenvalue weighted by atomic mass is 31.2. The highest BCUT2D eigenvalue weighted by molar-refractivity contribution is 7.48. The van der Waals surface area contributed by atoms with Crippen molar-refractivity contribution < 1.29 is 45.9 Å². The van der Waals surface area contributed by atoms with E-state index in [1.165, 1.54) is 12.1 Å². The number of benzene rings is 1. The smallest absolute Gasteiger partial charge is 0.454 e. The molecule has 3 aliphatic rings. The van der Waals surface area contributed by atoms with Crippen molar-refractivity contribution in [1.82, 2.24) is 9.55 Å². The third-order valence-electron chi connectivity index (χ3n) is 5.29. The van der Waals surface area contributed by atoms with Crippen LogP contribution in [0.5, 0.6) is 11.5 Å². The summed E-state index contributed by atoms with van der Waals surface area (Å²) >= 11 is 0. The molecule has 0 saturated carbocycles. The lowest BCUT2D eigenvalue weighted by atomic mass is 10.1. The average molecular weight is 515 g/mol. The number of phosphoric ester groups is 1. The van der Waals surface area contributed by atoms with Gasteiger partial charge in [-0.1, -0.05) is 0 Å². The number of carbonyl (C=O) groups excluding carboxylic acids is 1. The fourth-order valence-corrected chi connectivity index (χ4v) is 5.34. The molecule has 4 atom stereocenters. The van der Waals surface area contributed by atoms with Crippen molar-refractivity contribution in [3.8, 4) is 11.5 Å². The Kier molecular flexibility index (Phi) is 5.88. The van der Waals surface area contributed by atoms with E-state index < -0.39 is 56.5 Å². The third kappa shape index (κ3) is 4.43. The number of carbonyl (C=O) groups is 1. The zero-order chi connectivity index (χ0) is 25.0. The molecule has 1 N–H and O–H groups in total. The van der Waals surface area contributed by atoms with Gasteiger partial charge < -0.3 is 19.5 Å². The van der Waals surface area contributed by atoms with E-state index >= 15 is 8.78 Å². The van der Waals surface area contributed by atoms with Gasteiger partial charge in [-0.3, -0.25) is 22.9 Å². The van der Waals surface area contributed by atoms with E-state index in [1.807, 2.05) is 0 Å². The highest BCUT2D eigenvalue weighted by Gasteiger charge is 2.65. The van der Waals surface area contributed by atoms with Gasteiger partial charge in [-0.15, -0.1) is 0 Å². The molecule has 4 heterocycles. The summed E-state index contributed by atoms with van der Waals surface area (Å²) in [6.07, 6.45) is -4.97. The molecule has 188 valence electrons. The Hall–Kier alpha value is -2.90. The lowest BCUT2D eigenvalue weighted by molar-refractivity contribution is -0.139. The van der Waals surface area contributed by atoms with Gasteiger partial charge in [0, 0.05) is 11.8 Å². The minimum absolute atomic E-state index is 0.0369. The summed E-state index contributed by atoms with van der Waals surface area (Å²) in [5.41, 5.74) is -0.903. The molecule has 12 nitrogen and oxygen atoms in total. The van der Waals surface area contributed by atoms with Crippen molar-refractivity contribution in [3.05, 3.63) is 46.5 Å². The predicted molar refractivity (Wildman–Crippen MR) is 113 cm³/mol. The number of anilines is 1. The Labute approximate surface area is 196 Å². The molecular formula is C20H20F2N3O9P. The number of alkyl halides is 2. The van der Waals surface area contributed by atoms with Crippen molar-refractivity contribution in [1.29, 1.82) is 0 Å². The number of nitrogens with one attached hydrogen (secondary N) is 1. The Morgan fingerprint density at radius 3 is 2.80 bits per heavy atom. The van der Waals surface area contributed by atoms with Crippen LogP contribution in [-0.2, 0) is 22.9 Å². The molecule has 0 spiro atoms. The van der Waals surface area contributed by atoms with Crippen LogP contribution >= 0.6 is 7.82 Å². The molecule has 15 heteroatoms. The van der Waals surface area contributed by atoms with Crippen LogP contribution in [0.4, 0.5) is 14.6 Å². The Bertz CT molecular complexity index is 1270. The van der Waals surface area contributed by atoms with Crippen LogP contribution in [0.1, 0.15) is 30.4 Å². The van der Waals surface area contributed by atoms with E-state index in [0.717, 1.165) is 12.3 Å². The number of ether oxygens (including phenoxy) is 3. The van der Waals surface area contributed by atoms with Gasteiger partial charge in [-0.05, 0) is 38.1 Å². The molecule has 1 aromatic heterocycles. The van der Waals surface area contributed by atoms with Crippen molar-refractivity contribution in [2.24, 2.45) is 0 Å². The Morgan fingerprint density at radius 1 is 1.29 bits per heavy atom. The van der Waals surface area contributed by atoms with Gasteiger partial charge in [0.2, 0.25) is 13.0 Å². The van der Waals surface area contributed by atoms with Gasteiger partial charge in [0.25, 0.3) is 5.91 Å². The molecule has 2 fully saturated rings. The first kappa shape index (κ1) is 23.8. The first-order chi connectivity index (χ1) is 16.6. The number of halogens is 2. The molecule has 5 rings (SSSR count). The fourth-order valence-electron chi connectivity index (χ4n) is 3.77. The van der Waals surface area contributed by atoms with E-state index in [4.69, 9.17) is 27.8 Å². The second-order valence-electron chi connectivity index (χ2n) is 8.15. The fraction of sp³-hybridized carbons (Fsp3) is 0.450. The number of hydrogen-bond acceptors (Lipinski definition) is 10. The number of amides is 1. The highest BCUT2D eigenvalue weighted by Crippen LogP contribution is 2.60. The molecule has 2 aromatic rings. The zero-order valence-electron chi connectivity index (χ0n) is 18.4. The number of rotatable bonds is 5. The topological polar surface area (TPSA) is 136 Å². The largest absolute Gasteiger partial charge is 0.475 e. The zero-order valence-corrected chi connectivity index (χ0v) is 19.3. The van der Waals surface area contributed by atoms with Crippen LogP contribution < -0.4 is 20.5 Å². The molecule has 2 unspecified atom stereocenters. The minimum Gasteiger partial charge on any atom is -0.454 e. The van der Waals surface area contributed by atoms with Gasteiger partial charge in [0.15, 0.2) is 17.6 Å². The van der Waals surface area contributed by atoms with Gasteiger partial charge >= 0.3 is 19.4 Å². The monoisotopic (exact) mass is 515 g/mol. The summed E-state index contributed by atoms with van der Waals surface area (Å²) in [7, 11) is -4.24. The first-order valence-electron chi connectivity index (χ1n) is 10.5. The summed E-state index contributed by atoms with van der Waals surface area (Å²) in [6.45, 7) is 2.65. The average Bonchev–Trinajstić information content (AvgIpc) is 3.35. The normalized spacial score (nSPS) is 28.7. The summed E-state index contributed by atoms with van der Waals surface area (Å²) in [5, 5.41) is 2.42. The molecule has 35 heavy (non-hydrogen) atoms. The van der Waals surface area contributed by atoms with Crippen LogP contribution in [0.15, 0.2) is 35.3 Å². The standard InChI is InChI=1S/C20H20F2N3O9P/c1-10(2)33-35(28)31-8-14-16(34-35)20(21,22)18(32-14)25-6-5-15(24-19(25)27)23-17(26)11-3-4-12-13(7-11)30-9-29-12/h3-7,10,14,16,18H,8-9H2,1-2H3,(H,23,24,26,27)/t14-,16-,18?,35?/m1/s1. The van der Waals surface area contributed by atoms with Gasteiger partial charge in [-0.2, -0.15) is 13.8 Å². The number of hydrogen-bond donors (Lipinski definition) is 1. The van der Waals surface area contributed by atoms with Crippen molar-refractivity contribution in [2.75, 3.05) is 18.7 Å². The molecule has 1 amide bonds. The Morgan fingerprint density at radius 2 is 2.06 bits per heavy atom. The molecular weight excluding hydrogens is 495 g/mol. The maximum absolute atomic E-state index is 15.2. The van der Waals surface area contributed by atoms with Crippen LogP contribution in [0, 0.1) is 0 Å². The lowest BCUT2D eigenvalue weighted by Gasteiger charge is -2.32. The quantitative estimate of drug-likeness (QED) is 0.592. The molecule has 1 aromatic carbocycles. The maximum atomic E-state index is 15.2. The number of fused-ring (bicyclic) bond motifs is 2. The minimum atomic E-state index is -4.24. The van der Waals surface area contributed by atoms with Crippen molar-refractivity contribution in [2.45, 2.75) is 44.3 Å². The van der Waals surface area contributed by atoms with E-state index in [1.54, 1.807) is 19.9 Å². The summed E-state index contributed by atoms with van der Waals surface area (Å²) in [5.74, 6) is -3.66. The molecule has 0 bridgehead atoms. The Balaban J connectivity index is 1.33. The molecule has 2 saturated heterocycles. The number of aromatic nitrogens is 2. The van der Waals surface area contributed by atoms with E-state index in [2.05, 4.69) is 10.3 Å². The van der Waals surface area contributed by atoms with Crippen LogP contribution in [0.3, 0.4) is 0 Å². The summed E-state index contributed by atoms with van der Waals surface area (Å²) < 4.78 is 74.2. The van der Waals surface area contributed by atoms with Gasteiger partial charge in [-0.25, -0.2) is 9.36 Å². The maximum Gasteiger partial charge on any atom is 0.475 e. The summed E-state index contributed by atoms with van der Waals surface area (Å²) in [4.78, 5) is 28.7. The van der Waals surface area contributed by atoms with Gasteiger partial charge in [0.1, 0.15) is 11.9 Å². The molecule has 0 radical (unpaired) electrons. The SMILES string of the molecule is CC(C)OP1(=O)OC[C@H]2OC(n3ccc(NC(=O)c4ccc5c(c4)OCO5)nc3=O)C(F)(F)[C@@H]2O1.